The number of aryl methyl sites for hydroxylation is 1. The van der Waals surface area contributed by atoms with Crippen molar-refractivity contribution < 1.29 is 4.74 Å². The third-order valence-electron chi connectivity index (χ3n) is 5.91. The van der Waals surface area contributed by atoms with Crippen LogP contribution in [0.15, 0.2) is 54.6 Å². The standard InChI is InChI=1S/C24H23N7OS/c1-31-12-16(11-29-31)15-8-20-23(21(9-15)32-18-4-6-25-7-5-18)24(27-13-26-20)30-17-2-3-22-19(10-17)28-14-33-22/h2-3,8-14,18,25H,4-7H2,1H3,(H,26,27,30). The Balaban J connectivity index is 1.46. The Hall–Kier alpha value is -3.56. The van der Waals surface area contributed by atoms with E-state index < -0.39 is 0 Å². The number of anilines is 2. The van der Waals surface area contributed by atoms with Crippen molar-refractivity contribution in [1.29, 1.82) is 0 Å². The van der Waals surface area contributed by atoms with Crippen molar-refractivity contribution in [3.8, 4) is 16.9 Å². The molecule has 2 N–H and O–H groups in total. The molecular weight excluding hydrogens is 434 g/mol. The van der Waals surface area contributed by atoms with Gasteiger partial charge in [0.2, 0.25) is 0 Å². The van der Waals surface area contributed by atoms with Gasteiger partial charge in [-0.25, -0.2) is 15.0 Å². The van der Waals surface area contributed by atoms with E-state index >= 15 is 0 Å². The molecule has 0 saturated carbocycles. The Morgan fingerprint density at radius 3 is 2.82 bits per heavy atom. The number of piperidine rings is 1. The molecule has 1 saturated heterocycles. The normalized spacial score (nSPS) is 14.7. The number of nitrogens with zero attached hydrogens (tertiary/aromatic N) is 5. The van der Waals surface area contributed by atoms with E-state index in [1.807, 2.05) is 37.1 Å². The molecule has 2 aromatic carbocycles. The maximum Gasteiger partial charge on any atom is 0.145 e. The van der Waals surface area contributed by atoms with E-state index in [1.165, 1.54) is 0 Å². The maximum absolute atomic E-state index is 6.58. The molecule has 4 heterocycles. The summed E-state index contributed by atoms with van der Waals surface area (Å²) in [6.07, 6.45) is 7.54. The highest BCUT2D eigenvalue weighted by Gasteiger charge is 2.20. The lowest BCUT2D eigenvalue weighted by atomic mass is 10.0. The Labute approximate surface area is 194 Å². The number of aromatic nitrogens is 5. The van der Waals surface area contributed by atoms with Gasteiger partial charge in [-0.05, 0) is 61.8 Å². The second kappa shape index (κ2) is 8.42. The first-order chi connectivity index (χ1) is 16.2. The Bertz CT molecular complexity index is 1440. The molecule has 5 aromatic rings. The zero-order valence-corrected chi connectivity index (χ0v) is 19.0. The fourth-order valence-corrected chi connectivity index (χ4v) is 4.90. The molecule has 3 aromatic heterocycles. The van der Waals surface area contributed by atoms with Crippen LogP contribution in [0.1, 0.15) is 12.8 Å². The number of hydrogen-bond donors (Lipinski definition) is 2. The van der Waals surface area contributed by atoms with Crippen LogP contribution in [-0.2, 0) is 7.05 Å². The molecule has 0 radical (unpaired) electrons. The molecule has 33 heavy (non-hydrogen) atoms. The van der Waals surface area contributed by atoms with Crippen molar-refractivity contribution in [2.45, 2.75) is 18.9 Å². The van der Waals surface area contributed by atoms with Gasteiger partial charge < -0.3 is 15.4 Å². The van der Waals surface area contributed by atoms with Crippen molar-refractivity contribution in [1.82, 2.24) is 30.0 Å². The van der Waals surface area contributed by atoms with E-state index in [4.69, 9.17) is 4.74 Å². The van der Waals surface area contributed by atoms with Gasteiger partial charge in [-0.3, -0.25) is 4.68 Å². The summed E-state index contributed by atoms with van der Waals surface area (Å²) in [4.78, 5) is 13.6. The highest BCUT2D eigenvalue weighted by atomic mass is 32.1. The molecule has 9 heteroatoms. The highest BCUT2D eigenvalue weighted by molar-refractivity contribution is 7.16. The van der Waals surface area contributed by atoms with E-state index in [0.29, 0.717) is 0 Å². The molecular formula is C24H23N7OS. The van der Waals surface area contributed by atoms with Crippen LogP contribution < -0.4 is 15.4 Å². The zero-order valence-electron chi connectivity index (χ0n) is 18.2. The van der Waals surface area contributed by atoms with E-state index in [0.717, 1.165) is 75.4 Å². The fourth-order valence-electron chi connectivity index (χ4n) is 4.24. The maximum atomic E-state index is 6.58. The lowest BCUT2D eigenvalue weighted by molar-refractivity contribution is 0.164. The number of benzene rings is 2. The SMILES string of the molecule is Cn1cc(-c2cc(OC3CCNCC3)c3c(Nc4ccc5scnc5c4)ncnc3c2)cn1. The van der Waals surface area contributed by atoms with Gasteiger partial charge in [0.05, 0.1) is 32.8 Å². The van der Waals surface area contributed by atoms with E-state index in [9.17, 15) is 0 Å². The van der Waals surface area contributed by atoms with Crippen LogP contribution in [0.25, 0.3) is 32.2 Å². The lowest BCUT2D eigenvalue weighted by Gasteiger charge is -2.25. The summed E-state index contributed by atoms with van der Waals surface area (Å²) < 4.78 is 9.53. The van der Waals surface area contributed by atoms with Crippen molar-refractivity contribution in [3.05, 3.63) is 54.6 Å². The molecule has 1 aliphatic rings. The summed E-state index contributed by atoms with van der Waals surface area (Å²) in [7, 11) is 1.92. The fraction of sp³-hybridized carbons (Fsp3) is 0.250. The first-order valence-corrected chi connectivity index (χ1v) is 11.9. The van der Waals surface area contributed by atoms with Gasteiger partial charge in [-0.1, -0.05) is 0 Å². The van der Waals surface area contributed by atoms with Crippen LogP contribution >= 0.6 is 11.3 Å². The van der Waals surface area contributed by atoms with Gasteiger partial charge in [-0.15, -0.1) is 11.3 Å². The first-order valence-electron chi connectivity index (χ1n) is 11.0. The quantitative estimate of drug-likeness (QED) is 0.401. The lowest BCUT2D eigenvalue weighted by Crippen LogP contribution is -2.34. The molecule has 0 spiro atoms. The molecule has 1 aliphatic heterocycles. The van der Waals surface area contributed by atoms with Gasteiger partial charge in [0.15, 0.2) is 0 Å². The van der Waals surface area contributed by atoms with Crippen LogP contribution in [0, 0.1) is 0 Å². The smallest absolute Gasteiger partial charge is 0.145 e. The molecule has 8 nitrogen and oxygen atoms in total. The second-order valence-electron chi connectivity index (χ2n) is 8.22. The summed E-state index contributed by atoms with van der Waals surface area (Å²) in [5.74, 6) is 1.51. The number of fused-ring (bicyclic) bond motifs is 2. The van der Waals surface area contributed by atoms with Gasteiger partial charge >= 0.3 is 0 Å². The molecule has 6 rings (SSSR count). The predicted molar refractivity (Wildman–Crippen MR) is 131 cm³/mol. The number of hydrogen-bond acceptors (Lipinski definition) is 8. The minimum atomic E-state index is 0.151. The summed E-state index contributed by atoms with van der Waals surface area (Å²) in [5.41, 5.74) is 6.63. The highest BCUT2D eigenvalue weighted by Crippen LogP contribution is 2.37. The molecule has 1 fully saturated rings. The number of rotatable bonds is 5. The largest absolute Gasteiger partial charge is 0.489 e. The molecule has 0 aliphatic carbocycles. The summed E-state index contributed by atoms with van der Waals surface area (Å²) in [6, 6.07) is 10.3. The van der Waals surface area contributed by atoms with Gasteiger partial charge in [0.25, 0.3) is 0 Å². The second-order valence-corrected chi connectivity index (χ2v) is 9.11. The Morgan fingerprint density at radius 2 is 1.97 bits per heavy atom. The summed E-state index contributed by atoms with van der Waals surface area (Å²) in [6.45, 7) is 1.92. The minimum absolute atomic E-state index is 0.151. The minimum Gasteiger partial charge on any atom is -0.489 e. The topological polar surface area (TPSA) is 89.8 Å². The van der Waals surface area contributed by atoms with Crippen LogP contribution in [0.3, 0.4) is 0 Å². The average Bonchev–Trinajstić information content (AvgIpc) is 3.48. The molecule has 0 unspecified atom stereocenters. The molecule has 166 valence electrons. The first kappa shape index (κ1) is 20.1. The van der Waals surface area contributed by atoms with Crippen LogP contribution in [-0.4, -0.2) is 43.9 Å². The third kappa shape index (κ3) is 4.01. The van der Waals surface area contributed by atoms with E-state index in [-0.39, 0.29) is 6.10 Å². The van der Waals surface area contributed by atoms with Gasteiger partial charge in [-0.2, -0.15) is 5.10 Å². The number of ether oxygens (including phenoxy) is 1. The number of nitrogens with one attached hydrogen (secondary N) is 2. The Morgan fingerprint density at radius 1 is 1.06 bits per heavy atom. The number of thiazole rings is 1. The van der Waals surface area contributed by atoms with Crippen molar-refractivity contribution in [2.75, 3.05) is 18.4 Å². The van der Waals surface area contributed by atoms with Crippen LogP contribution in [0.4, 0.5) is 11.5 Å². The van der Waals surface area contributed by atoms with Crippen molar-refractivity contribution >= 4 is 44.0 Å². The van der Waals surface area contributed by atoms with Gasteiger partial charge in [0.1, 0.15) is 24.0 Å². The zero-order chi connectivity index (χ0) is 22.2. The molecule has 0 amide bonds. The Kier molecular flexibility index (Phi) is 5.12. The van der Waals surface area contributed by atoms with E-state index in [1.54, 1.807) is 22.3 Å². The summed E-state index contributed by atoms with van der Waals surface area (Å²) >= 11 is 1.63. The average molecular weight is 458 g/mol. The summed E-state index contributed by atoms with van der Waals surface area (Å²) in [5, 5.41) is 12.1. The predicted octanol–water partition coefficient (Wildman–Crippen LogP) is 4.51. The van der Waals surface area contributed by atoms with Crippen LogP contribution in [0.2, 0.25) is 0 Å². The van der Waals surface area contributed by atoms with E-state index in [2.05, 4.69) is 48.9 Å². The van der Waals surface area contributed by atoms with Crippen LogP contribution in [0.5, 0.6) is 5.75 Å². The van der Waals surface area contributed by atoms with Crippen molar-refractivity contribution in [3.63, 3.8) is 0 Å². The molecule has 0 atom stereocenters. The monoisotopic (exact) mass is 457 g/mol. The third-order valence-corrected chi connectivity index (χ3v) is 6.72. The van der Waals surface area contributed by atoms with Gasteiger partial charge in [0, 0.05) is 24.5 Å². The van der Waals surface area contributed by atoms with Crippen molar-refractivity contribution in [2.24, 2.45) is 7.05 Å². The molecule has 0 bridgehead atoms.